The Morgan fingerprint density at radius 2 is 1.89 bits per heavy atom. The van der Waals surface area contributed by atoms with Gasteiger partial charge in [0.2, 0.25) is 0 Å². The minimum atomic E-state index is -0.153. The van der Waals surface area contributed by atoms with Crippen molar-refractivity contribution in [2.45, 2.75) is 53.0 Å². The summed E-state index contributed by atoms with van der Waals surface area (Å²) < 4.78 is 7.53. The van der Waals surface area contributed by atoms with Crippen molar-refractivity contribution in [1.82, 2.24) is 9.47 Å². The summed E-state index contributed by atoms with van der Waals surface area (Å²) in [4.78, 5) is 43.6. The third-order valence-corrected chi connectivity index (χ3v) is 8.19. The zero-order valence-corrected chi connectivity index (χ0v) is 22.8. The average Bonchev–Trinajstić information content (AvgIpc) is 3.15. The molecule has 36 heavy (non-hydrogen) atoms. The number of anilines is 1. The summed E-state index contributed by atoms with van der Waals surface area (Å²) in [6.45, 7) is 8.58. The number of piperidine rings is 1. The van der Waals surface area contributed by atoms with Crippen LogP contribution in [0, 0.1) is 5.92 Å². The number of thiocarbonyl (C=S) groups is 1. The summed E-state index contributed by atoms with van der Waals surface area (Å²) in [7, 11) is 0. The topological polar surface area (TPSA) is 71.9 Å². The molecule has 2 aromatic rings. The van der Waals surface area contributed by atoms with Gasteiger partial charge in [0.15, 0.2) is 0 Å². The van der Waals surface area contributed by atoms with Gasteiger partial charge in [-0.25, -0.2) is 0 Å². The minimum Gasteiger partial charge on any atom is -0.466 e. The van der Waals surface area contributed by atoms with Gasteiger partial charge in [-0.15, -0.1) is 0 Å². The molecule has 1 aromatic carbocycles. The van der Waals surface area contributed by atoms with Gasteiger partial charge in [-0.05, 0) is 45.3 Å². The van der Waals surface area contributed by atoms with Crippen LogP contribution in [0.1, 0.15) is 52.0 Å². The monoisotopic (exact) mass is 527 g/mol. The number of pyridine rings is 1. The van der Waals surface area contributed by atoms with E-state index in [1.54, 1.807) is 15.5 Å². The van der Waals surface area contributed by atoms with Crippen LogP contribution < -0.4 is 10.5 Å². The number of para-hydroxylation sites is 1. The number of fused-ring (bicyclic) bond motifs is 1. The van der Waals surface area contributed by atoms with E-state index >= 15 is 0 Å². The van der Waals surface area contributed by atoms with Gasteiger partial charge in [0.25, 0.3) is 11.5 Å². The number of thioether (sulfide) groups is 1. The molecule has 0 N–H and O–H groups in total. The lowest BCUT2D eigenvalue weighted by Gasteiger charge is -2.34. The molecule has 0 saturated carbocycles. The van der Waals surface area contributed by atoms with E-state index in [2.05, 4.69) is 11.8 Å². The third kappa shape index (κ3) is 5.09. The van der Waals surface area contributed by atoms with E-state index in [4.69, 9.17) is 17.0 Å². The van der Waals surface area contributed by atoms with Crippen molar-refractivity contribution in [1.29, 1.82) is 0 Å². The Balaban J connectivity index is 1.80. The highest BCUT2D eigenvalue weighted by Crippen LogP contribution is 2.37. The van der Waals surface area contributed by atoms with Crippen LogP contribution in [0.25, 0.3) is 17.0 Å². The Labute approximate surface area is 221 Å². The molecule has 2 fully saturated rings. The lowest BCUT2D eigenvalue weighted by molar-refractivity contribution is -0.148. The van der Waals surface area contributed by atoms with E-state index in [9.17, 15) is 14.4 Å². The molecule has 2 saturated heterocycles. The Morgan fingerprint density at radius 1 is 1.17 bits per heavy atom. The van der Waals surface area contributed by atoms with Gasteiger partial charge >= 0.3 is 5.97 Å². The minimum absolute atomic E-state index is 0.127. The zero-order chi connectivity index (χ0) is 25.8. The number of rotatable bonds is 8. The maximum absolute atomic E-state index is 13.8. The second-order valence-corrected chi connectivity index (χ2v) is 10.7. The van der Waals surface area contributed by atoms with Crippen molar-refractivity contribution < 1.29 is 14.3 Å². The molecule has 3 heterocycles. The van der Waals surface area contributed by atoms with Crippen LogP contribution in [0.4, 0.5) is 5.69 Å². The molecule has 1 amide bonds. The normalized spacial score (nSPS) is 18.0. The molecule has 4 rings (SSSR count). The Kier molecular flexibility index (Phi) is 8.51. The van der Waals surface area contributed by atoms with E-state index in [-0.39, 0.29) is 23.4 Å². The zero-order valence-electron chi connectivity index (χ0n) is 21.1. The number of aromatic nitrogens is 1. The molecule has 192 valence electrons. The fourth-order valence-electron chi connectivity index (χ4n) is 4.93. The number of benzene rings is 1. The molecular weight excluding hydrogens is 494 g/mol. The van der Waals surface area contributed by atoms with E-state index < -0.39 is 0 Å². The standard InChI is InChI=1S/C27H33N3O4S2/c1-4-7-14-30-25(32)22(36-27(30)35)17-20-23(28-15-12-18(13-16-28)26(33)34-6-3)19-10-8-9-11-21(19)29(5-2)24(20)31/h8-11,17-18H,4-7,12-16H2,1-3H3. The number of carbonyl (C=O) groups is 2. The first-order valence-corrected chi connectivity index (χ1v) is 14.0. The summed E-state index contributed by atoms with van der Waals surface area (Å²) in [5.74, 6) is -0.429. The van der Waals surface area contributed by atoms with Crippen molar-refractivity contribution in [3.63, 3.8) is 0 Å². The van der Waals surface area contributed by atoms with Crippen LogP contribution in [-0.2, 0) is 20.9 Å². The van der Waals surface area contributed by atoms with Gasteiger partial charge in [-0.2, -0.15) is 0 Å². The Morgan fingerprint density at radius 3 is 2.56 bits per heavy atom. The lowest BCUT2D eigenvalue weighted by atomic mass is 9.95. The molecular formula is C27H33N3O4S2. The first-order valence-electron chi connectivity index (χ1n) is 12.7. The fourth-order valence-corrected chi connectivity index (χ4v) is 6.22. The van der Waals surface area contributed by atoms with Gasteiger partial charge in [-0.1, -0.05) is 55.5 Å². The number of amides is 1. The van der Waals surface area contributed by atoms with E-state index in [0.29, 0.717) is 60.4 Å². The number of carbonyl (C=O) groups excluding carboxylic acids is 2. The van der Waals surface area contributed by atoms with Gasteiger partial charge in [0, 0.05) is 31.6 Å². The largest absolute Gasteiger partial charge is 0.466 e. The molecule has 0 bridgehead atoms. The SMILES string of the molecule is CCCCN1C(=O)C(=Cc2c(N3CCC(C(=O)OCC)CC3)c3ccccc3n(CC)c2=O)SC1=S. The number of esters is 1. The van der Waals surface area contributed by atoms with Crippen LogP contribution in [0.15, 0.2) is 34.0 Å². The molecule has 0 radical (unpaired) electrons. The summed E-state index contributed by atoms with van der Waals surface area (Å²) in [5, 5.41) is 0.959. The van der Waals surface area contributed by atoms with Crippen molar-refractivity contribution in [2.75, 3.05) is 31.1 Å². The van der Waals surface area contributed by atoms with Crippen LogP contribution in [0.5, 0.6) is 0 Å². The summed E-state index contributed by atoms with van der Waals surface area (Å²) in [6.07, 6.45) is 4.89. The first-order chi connectivity index (χ1) is 17.4. The van der Waals surface area contributed by atoms with Gasteiger partial charge in [-0.3, -0.25) is 19.3 Å². The number of unbranched alkanes of at least 4 members (excludes halogenated alkanes) is 1. The van der Waals surface area contributed by atoms with Crippen molar-refractivity contribution in [3.05, 3.63) is 45.1 Å². The summed E-state index contributed by atoms with van der Waals surface area (Å²) in [6, 6.07) is 7.89. The molecule has 0 spiro atoms. The molecule has 0 atom stereocenters. The first kappa shape index (κ1) is 26.4. The fraction of sp³-hybridized carbons (Fsp3) is 0.481. The quantitative estimate of drug-likeness (QED) is 0.277. The number of hydrogen-bond donors (Lipinski definition) is 0. The van der Waals surface area contributed by atoms with Crippen LogP contribution in [0.2, 0.25) is 0 Å². The Bertz CT molecular complexity index is 1260. The number of ether oxygens (including phenoxy) is 1. The van der Waals surface area contributed by atoms with Crippen molar-refractivity contribution in [2.24, 2.45) is 5.92 Å². The number of nitrogens with zero attached hydrogens (tertiary/aromatic N) is 3. The van der Waals surface area contributed by atoms with E-state index in [0.717, 1.165) is 29.4 Å². The predicted octanol–water partition coefficient (Wildman–Crippen LogP) is 4.80. The maximum Gasteiger partial charge on any atom is 0.309 e. The highest BCUT2D eigenvalue weighted by Gasteiger charge is 2.33. The molecule has 7 nitrogen and oxygen atoms in total. The van der Waals surface area contributed by atoms with Gasteiger partial charge in [0.1, 0.15) is 4.32 Å². The molecule has 9 heteroatoms. The summed E-state index contributed by atoms with van der Waals surface area (Å²) in [5.41, 5.74) is 2.06. The molecule has 0 unspecified atom stereocenters. The highest BCUT2D eigenvalue weighted by atomic mass is 32.2. The Hall–Kier alpha value is -2.65. The third-order valence-electron chi connectivity index (χ3n) is 6.81. The predicted molar refractivity (Wildman–Crippen MR) is 150 cm³/mol. The number of hydrogen-bond acceptors (Lipinski definition) is 7. The van der Waals surface area contributed by atoms with E-state index in [1.165, 1.54) is 11.8 Å². The van der Waals surface area contributed by atoms with Gasteiger partial charge in [0.05, 0.1) is 34.2 Å². The smallest absolute Gasteiger partial charge is 0.309 e. The molecule has 2 aliphatic heterocycles. The number of aryl methyl sites for hydroxylation is 1. The molecule has 0 aliphatic carbocycles. The maximum atomic E-state index is 13.8. The summed E-state index contributed by atoms with van der Waals surface area (Å²) >= 11 is 6.75. The lowest BCUT2D eigenvalue weighted by Crippen LogP contribution is -2.39. The van der Waals surface area contributed by atoms with Crippen molar-refractivity contribution >= 4 is 62.8 Å². The van der Waals surface area contributed by atoms with Crippen LogP contribution in [0.3, 0.4) is 0 Å². The average molecular weight is 528 g/mol. The second kappa shape index (κ2) is 11.6. The van der Waals surface area contributed by atoms with Crippen LogP contribution >= 0.6 is 24.0 Å². The second-order valence-electron chi connectivity index (χ2n) is 9.03. The van der Waals surface area contributed by atoms with E-state index in [1.807, 2.05) is 38.1 Å². The van der Waals surface area contributed by atoms with Crippen molar-refractivity contribution in [3.8, 4) is 0 Å². The highest BCUT2D eigenvalue weighted by molar-refractivity contribution is 8.26. The molecule has 1 aromatic heterocycles. The molecule has 2 aliphatic rings. The van der Waals surface area contributed by atoms with Crippen LogP contribution in [-0.4, -0.2) is 51.9 Å². The van der Waals surface area contributed by atoms with Gasteiger partial charge < -0.3 is 14.2 Å².